The van der Waals surface area contributed by atoms with Gasteiger partial charge in [0.2, 0.25) is 5.89 Å². The van der Waals surface area contributed by atoms with Crippen LogP contribution in [0.2, 0.25) is 0 Å². The first-order chi connectivity index (χ1) is 11.9. The lowest BCUT2D eigenvalue weighted by molar-refractivity contribution is 0.0697. The van der Waals surface area contributed by atoms with Gasteiger partial charge in [-0.05, 0) is 36.0 Å². The van der Waals surface area contributed by atoms with Crippen LogP contribution in [0.3, 0.4) is 0 Å². The maximum atomic E-state index is 12.0. The number of allylic oxidation sites excluding steroid dienone is 4. The molecule has 1 N–H and O–H groups in total. The molecule has 1 aliphatic rings. The third-order valence-corrected chi connectivity index (χ3v) is 4.38. The minimum Gasteiger partial charge on any atom is -0.478 e. The number of nitrogens with zero attached hydrogens (tertiary/aromatic N) is 2. The maximum Gasteiger partial charge on any atom is 0.437 e. The molecule has 130 valence electrons. The van der Waals surface area contributed by atoms with Gasteiger partial charge in [-0.3, -0.25) is 0 Å². The third kappa shape index (κ3) is 3.79. The van der Waals surface area contributed by atoms with Crippen molar-refractivity contribution in [3.05, 3.63) is 70.1 Å². The maximum absolute atomic E-state index is 12.0. The zero-order valence-electron chi connectivity index (χ0n) is 14.2. The zero-order chi connectivity index (χ0) is 18.0. The van der Waals surface area contributed by atoms with E-state index in [2.05, 4.69) is 25.0 Å². The van der Waals surface area contributed by atoms with Crippen molar-refractivity contribution in [2.75, 3.05) is 0 Å². The summed E-state index contributed by atoms with van der Waals surface area (Å²) in [5, 5.41) is 13.2. The number of benzene rings is 1. The SMILES string of the molecule is CC(C)C1C=CC(c2nn(Cc3ccc(C(=O)O)cc3)c(=O)o2)=CC1. The van der Waals surface area contributed by atoms with E-state index in [1.165, 1.54) is 16.8 Å². The molecule has 0 radical (unpaired) electrons. The largest absolute Gasteiger partial charge is 0.478 e. The highest BCUT2D eigenvalue weighted by Crippen LogP contribution is 2.26. The van der Waals surface area contributed by atoms with Crippen LogP contribution in [0.25, 0.3) is 5.57 Å². The second-order valence-corrected chi connectivity index (χ2v) is 6.50. The third-order valence-electron chi connectivity index (χ3n) is 4.38. The summed E-state index contributed by atoms with van der Waals surface area (Å²) in [6.45, 7) is 4.59. The molecular weight excluding hydrogens is 320 g/mol. The molecule has 2 aromatic rings. The lowest BCUT2D eigenvalue weighted by Crippen LogP contribution is -2.16. The number of aromatic nitrogens is 2. The monoisotopic (exact) mass is 340 g/mol. The Hall–Kier alpha value is -2.89. The number of carbonyl (C=O) groups is 1. The molecule has 0 amide bonds. The van der Waals surface area contributed by atoms with Gasteiger partial charge in [0.25, 0.3) is 0 Å². The average molecular weight is 340 g/mol. The summed E-state index contributed by atoms with van der Waals surface area (Å²) in [7, 11) is 0. The van der Waals surface area contributed by atoms with Gasteiger partial charge in [-0.15, -0.1) is 5.10 Å². The van der Waals surface area contributed by atoms with E-state index >= 15 is 0 Å². The molecule has 3 rings (SSSR count). The van der Waals surface area contributed by atoms with Crippen molar-refractivity contribution in [2.45, 2.75) is 26.8 Å². The lowest BCUT2D eigenvalue weighted by atomic mass is 9.88. The smallest absolute Gasteiger partial charge is 0.437 e. The van der Waals surface area contributed by atoms with Gasteiger partial charge in [0.1, 0.15) is 0 Å². The molecule has 1 unspecified atom stereocenters. The molecule has 0 spiro atoms. The summed E-state index contributed by atoms with van der Waals surface area (Å²) in [5.41, 5.74) is 1.79. The summed E-state index contributed by atoms with van der Waals surface area (Å²) >= 11 is 0. The first kappa shape index (κ1) is 17.0. The summed E-state index contributed by atoms with van der Waals surface area (Å²) in [6, 6.07) is 6.33. The minimum atomic E-state index is -0.983. The minimum absolute atomic E-state index is 0.203. The van der Waals surface area contributed by atoms with Crippen LogP contribution in [0.1, 0.15) is 42.1 Å². The first-order valence-electron chi connectivity index (χ1n) is 8.23. The molecule has 1 aromatic carbocycles. The van der Waals surface area contributed by atoms with E-state index < -0.39 is 11.7 Å². The number of hydrogen-bond donors (Lipinski definition) is 1. The van der Waals surface area contributed by atoms with E-state index in [0.717, 1.165) is 17.6 Å². The number of hydrogen-bond acceptors (Lipinski definition) is 4. The lowest BCUT2D eigenvalue weighted by Gasteiger charge is -2.18. The van der Waals surface area contributed by atoms with Crippen LogP contribution in [0.15, 0.2) is 51.7 Å². The molecule has 1 atom stereocenters. The van der Waals surface area contributed by atoms with Crippen molar-refractivity contribution in [3.63, 3.8) is 0 Å². The van der Waals surface area contributed by atoms with Crippen molar-refractivity contribution >= 4 is 11.5 Å². The Morgan fingerprint density at radius 1 is 1.36 bits per heavy atom. The van der Waals surface area contributed by atoms with Gasteiger partial charge < -0.3 is 9.52 Å². The fourth-order valence-corrected chi connectivity index (χ4v) is 2.74. The van der Waals surface area contributed by atoms with Gasteiger partial charge in [-0.1, -0.05) is 44.2 Å². The van der Waals surface area contributed by atoms with Gasteiger partial charge in [0, 0.05) is 5.57 Å². The van der Waals surface area contributed by atoms with Crippen molar-refractivity contribution in [1.29, 1.82) is 0 Å². The normalized spacial score (nSPS) is 16.9. The highest BCUT2D eigenvalue weighted by molar-refractivity contribution is 5.87. The number of aromatic carboxylic acids is 1. The van der Waals surface area contributed by atoms with Crippen molar-refractivity contribution in [1.82, 2.24) is 9.78 Å². The molecule has 1 aromatic heterocycles. The number of carboxylic acids is 1. The summed E-state index contributed by atoms with van der Waals surface area (Å²) in [4.78, 5) is 22.9. The molecule has 0 saturated heterocycles. The van der Waals surface area contributed by atoms with Gasteiger partial charge in [0.15, 0.2) is 0 Å². The first-order valence-corrected chi connectivity index (χ1v) is 8.23. The number of carboxylic acid groups (broad SMARTS) is 1. The fraction of sp³-hybridized carbons (Fsp3) is 0.316. The van der Waals surface area contributed by atoms with E-state index in [4.69, 9.17) is 9.52 Å². The zero-order valence-corrected chi connectivity index (χ0v) is 14.2. The molecule has 25 heavy (non-hydrogen) atoms. The predicted molar refractivity (Wildman–Crippen MR) is 93.3 cm³/mol. The molecule has 1 heterocycles. The summed E-state index contributed by atoms with van der Waals surface area (Å²) in [6.07, 6.45) is 7.02. The van der Waals surface area contributed by atoms with Crippen LogP contribution in [0.5, 0.6) is 0 Å². The highest BCUT2D eigenvalue weighted by Gasteiger charge is 2.17. The van der Waals surface area contributed by atoms with Gasteiger partial charge in [-0.2, -0.15) is 4.68 Å². The highest BCUT2D eigenvalue weighted by atomic mass is 16.4. The van der Waals surface area contributed by atoms with Gasteiger partial charge in [0.05, 0.1) is 12.1 Å². The number of rotatable bonds is 5. The Bertz CT molecular complexity index is 885. The van der Waals surface area contributed by atoms with Gasteiger partial charge in [-0.25, -0.2) is 9.59 Å². The molecule has 6 heteroatoms. The molecule has 0 aliphatic heterocycles. The second kappa shape index (κ2) is 6.93. The van der Waals surface area contributed by atoms with Crippen molar-refractivity contribution in [2.24, 2.45) is 11.8 Å². The topological polar surface area (TPSA) is 85.3 Å². The van der Waals surface area contributed by atoms with Crippen LogP contribution in [-0.4, -0.2) is 20.9 Å². The van der Waals surface area contributed by atoms with E-state index in [0.29, 0.717) is 17.7 Å². The van der Waals surface area contributed by atoms with E-state index in [9.17, 15) is 9.59 Å². The van der Waals surface area contributed by atoms with E-state index in [-0.39, 0.29) is 12.1 Å². The Kier molecular flexibility index (Phi) is 4.70. The second-order valence-electron chi connectivity index (χ2n) is 6.50. The van der Waals surface area contributed by atoms with Crippen molar-refractivity contribution < 1.29 is 14.3 Å². The van der Waals surface area contributed by atoms with Crippen LogP contribution < -0.4 is 5.76 Å². The molecule has 1 aliphatic carbocycles. The van der Waals surface area contributed by atoms with Gasteiger partial charge >= 0.3 is 11.7 Å². The average Bonchev–Trinajstić information content (AvgIpc) is 2.96. The van der Waals surface area contributed by atoms with E-state index in [1.54, 1.807) is 12.1 Å². The van der Waals surface area contributed by atoms with Crippen LogP contribution in [0, 0.1) is 11.8 Å². The molecule has 0 saturated carbocycles. The Balaban J connectivity index is 1.76. The summed E-state index contributed by atoms with van der Waals surface area (Å²) in [5.74, 6) is -0.149. The standard InChI is InChI=1S/C19H20N2O4/c1-12(2)14-7-9-15(10-8-14)17-20-21(19(24)25-17)11-13-3-5-16(6-4-13)18(22)23/h3-7,9-10,12,14H,8,11H2,1-2H3,(H,22,23). The van der Waals surface area contributed by atoms with Crippen LogP contribution in [0.4, 0.5) is 0 Å². The Morgan fingerprint density at radius 2 is 2.08 bits per heavy atom. The Morgan fingerprint density at radius 3 is 2.64 bits per heavy atom. The molecule has 0 fully saturated rings. The molecule has 0 bridgehead atoms. The predicted octanol–water partition coefficient (Wildman–Crippen LogP) is 3.20. The van der Waals surface area contributed by atoms with Crippen LogP contribution in [-0.2, 0) is 6.54 Å². The molecular formula is C19H20N2O4. The van der Waals surface area contributed by atoms with Crippen molar-refractivity contribution in [3.8, 4) is 0 Å². The Labute approximate surface area is 145 Å². The molecule has 6 nitrogen and oxygen atoms in total. The summed E-state index contributed by atoms with van der Waals surface area (Å²) < 4.78 is 6.51. The van der Waals surface area contributed by atoms with Crippen LogP contribution >= 0.6 is 0 Å². The fourth-order valence-electron chi connectivity index (χ4n) is 2.74. The van der Waals surface area contributed by atoms with E-state index in [1.807, 2.05) is 12.2 Å². The quantitative estimate of drug-likeness (QED) is 0.903.